The number of carbonyl (C=O) groups is 2. The van der Waals surface area contributed by atoms with Crippen LogP contribution in [-0.4, -0.2) is 23.0 Å². The van der Waals surface area contributed by atoms with E-state index in [1.54, 1.807) is 26.0 Å². The van der Waals surface area contributed by atoms with E-state index in [1.807, 2.05) is 32.9 Å². The summed E-state index contributed by atoms with van der Waals surface area (Å²) < 4.78 is 0. The summed E-state index contributed by atoms with van der Waals surface area (Å²) >= 11 is 0. The summed E-state index contributed by atoms with van der Waals surface area (Å²) in [5, 5.41) is 11.8. The van der Waals surface area contributed by atoms with Gasteiger partial charge in [0, 0.05) is 5.56 Å². The van der Waals surface area contributed by atoms with Crippen LogP contribution < -0.4 is 5.32 Å². The van der Waals surface area contributed by atoms with Gasteiger partial charge in [-0.1, -0.05) is 52.8 Å². The molecule has 0 unspecified atom stereocenters. The highest BCUT2D eigenvalue weighted by Crippen LogP contribution is 2.25. The highest BCUT2D eigenvalue weighted by Gasteiger charge is 2.27. The lowest BCUT2D eigenvalue weighted by molar-refractivity contribution is -0.140. The molecule has 1 amide bonds. The number of aliphatic carboxylic acids is 1. The lowest BCUT2D eigenvalue weighted by Crippen LogP contribution is -2.44. The van der Waals surface area contributed by atoms with Gasteiger partial charge < -0.3 is 10.4 Å². The predicted octanol–water partition coefficient (Wildman–Crippen LogP) is 2.82. The molecule has 0 fully saturated rings. The van der Waals surface area contributed by atoms with Crippen LogP contribution in [0, 0.1) is 5.92 Å². The molecule has 1 aromatic rings. The maximum atomic E-state index is 12.4. The number of carboxylic acid groups (broad SMARTS) is 1. The van der Waals surface area contributed by atoms with Crippen LogP contribution in [0.3, 0.4) is 0 Å². The number of hydrogen-bond acceptors (Lipinski definition) is 2. The van der Waals surface area contributed by atoms with Crippen molar-refractivity contribution in [1.82, 2.24) is 5.32 Å². The van der Waals surface area contributed by atoms with E-state index in [2.05, 4.69) is 5.32 Å². The van der Waals surface area contributed by atoms with Crippen molar-refractivity contribution in [3.05, 3.63) is 35.4 Å². The molecule has 4 nitrogen and oxygen atoms in total. The summed E-state index contributed by atoms with van der Waals surface area (Å²) in [4.78, 5) is 23.5. The molecule has 110 valence electrons. The molecule has 0 aliphatic heterocycles. The number of rotatable bonds is 4. The molecule has 1 rings (SSSR count). The van der Waals surface area contributed by atoms with Crippen LogP contribution in [-0.2, 0) is 10.2 Å². The highest BCUT2D eigenvalue weighted by atomic mass is 16.4. The Morgan fingerprint density at radius 3 is 2.15 bits per heavy atom. The normalized spacial score (nSPS) is 13.1. The van der Waals surface area contributed by atoms with Gasteiger partial charge in [0.1, 0.15) is 6.04 Å². The van der Waals surface area contributed by atoms with Gasteiger partial charge in [-0.2, -0.15) is 0 Å². The van der Waals surface area contributed by atoms with Crippen LogP contribution in [0.1, 0.15) is 50.5 Å². The van der Waals surface area contributed by atoms with Crippen LogP contribution >= 0.6 is 0 Å². The Kier molecular flexibility index (Phi) is 4.93. The van der Waals surface area contributed by atoms with Crippen molar-refractivity contribution in [2.75, 3.05) is 0 Å². The molecule has 4 heteroatoms. The topological polar surface area (TPSA) is 66.4 Å². The zero-order chi connectivity index (χ0) is 15.5. The average Bonchev–Trinajstić information content (AvgIpc) is 2.33. The molecule has 0 saturated heterocycles. The molecule has 0 radical (unpaired) electrons. The fourth-order valence-corrected chi connectivity index (χ4v) is 2.07. The Labute approximate surface area is 120 Å². The number of carboxylic acids is 1. The van der Waals surface area contributed by atoms with Crippen LogP contribution in [0.2, 0.25) is 0 Å². The maximum Gasteiger partial charge on any atom is 0.326 e. The lowest BCUT2D eigenvalue weighted by Gasteiger charge is -2.24. The van der Waals surface area contributed by atoms with Gasteiger partial charge in [0.05, 0.1) is 0 Å². The van der Waals surface area contributed by atoms with Gasteiger partial charge in [0.25, 0.3) is 5.91 Å². The van der Waals surface area contributed by atoms with Crippen molar-refractivity contribution in [3.8, 4) is 0 Å². The smallest absolute Gasteiger partial charge is 0.326 e. The summed E-state index contributed by atoms with van der Waals surface area (Å²) in [7, 11) is 0. The van der Waals surface area contributed by atoms with Gasteiger partial charge in [0.15, 0.2) is 0 Å². The highest BCUT2D eigenvalue weighted by molar-refractivity contribution is 5.98. The third kappa shape index (κ3) is 3.83. The van der Waals surface area contributed by atoms with Gasteiger partial charge in [-0.15, -0.1) is 0 Å². The second-order valence-corrected chi connectivity index (χ2v) is 6.33. The van der Waals surface area contributed by atoms with Crippen molar-refractivity contribution >= 4 is 11.9 Å². The van der Waals surface area contributed by atoms with Gasteiger partial charge in [0.2, 0.25) is 0 Å². The molecule has 0 aromatic heterocycles. The molecular formula is C16H23NO3. The van der Waals surface area contributed by atoms with Crippen molar-refractivity contribution in [1.29, 1.82) is 0 Å². The first-order chi connectivity index (χ1) is 9.14. The molecule has 0 bridgehead atoms. The van der Waals surface area contributed by atoms with E-state index in [0.717, 1.165) is 5.56 Å². The van der Waals surface area contributed by atoms with Crippen molar-refractivity contribution < 1.29 is 14.7 Å². The summed E-state index contributed by atoms with van der Waals surface area (Å²) in [6.07, 6.45) is 0. The first kappa shape index (κ1) is 16.2. The number of benzene rings is 1. The lowest BCUT2D eigenvalue weighted by atomic mass is 9.83. The second kappa shape index (κ2) is 6.07. The zero-order valence-electron chi connectivity index (χ0n) is 12.7. The Hall–Kier alpha value is -1.84. The molecule has 1 atom stereocenters. The van der Waals surface area contributed by atoms with E-state index < -0.39 is 12.0 Å². The molecule has 0 spiro atoms. The Bertz CT molecular complexity index is 501. The summed E-state index contributed by atoms with van der Waals surface area (Å²) in [6, 6.07) is 6.43. The fourth-order valence-electron chi connectivity index (χ4n) is 2.07. The van der Waals surface area contributed by atoms with E-state index in [4.69, 9.17) is 5.11 Å². The predicted molar refractivity (Wildman–Crippen MR) is 78.9 cm³/mol. The van der Waals surface area contributed by atoms with Crippen LogP contribution in [0.15, 0.2) is 24.3 Å². The second-order valence-electron chi connectivity index (χ2n) is 6.33. The average molecular weight is 277 g/mol. The standard InChI is InChI=1S/C16H23NO3/c1-10(2)13(15(19)20)17-14(18)11-8-6-7-9-12(11)16(3,4)5/h6-10,13H,1-5H3,(H,17,18)(H,19,20)/t13-/m1/s1. The van der Waals surface area contributed by atoms with E-state index >= 15 is 0 Å². The Balaban J connectivity index is 3.07. The largest absolute Gasteiger partial charge is 0.480 e. The van der Waals surface area contributed by atoms with E-state index in [0.29, 0.717) is 5.56 Å². The van der Waals surface area contributed by atoms with E-state index in [9.17, 15) is 9.59 Å². The monoisotopic (exact) mass is 277 g/mol. The number of hydrogen-bond donors (Lipinski definition) is 2. The first-order valence-corrected chi connectivity index (χ1v) is 6.77. The minimum Gasteiger partial charge on any atom is -0.480 e. The summed E-state index contributed by atoms with van der Waals surface area (Å²) in [5.41, 5.74) is 1.27. The number of nitrogens with one attached hydrogen (secondary N) is 1. The first-order valence-electron chi connectivity index (χ1n) is 6.77. The zero-order valence-corrected chi connectivity index (χ0v) is 12.7. The minimum absolute atomic E-state index is 0.168. The van der Waals surface area contributed by atoms with Gasteiger partial charge in [-0.25, -0.2) is 4.79 Å². The Morgan fingerprint density at radius 2 is 1.70 bits per heavy atom. The fraction of sp³-hybridized carbons (Fsp3) is 0.500. The molecular weight excluding hydrogens is 254 g/mol. The number of carbonyl (C=O) groups excluding carboxylic acids is 1. The van der Waals surface area contributed by atoms with Gasteiger partial charge in [-0.05, 0) is 23.0 Å². The quantitative estimate of drug-likeness (QED) is 0.889. The molecule has 0 heterocycles. The van der Waals surface area contributed by atoms with Crippen molar-refractivity contribution in [2.24, 2.45) is 5.92 Å². The molecule has 1 aromatic carbocycles. The molecule has 0 saturated carbocycles. The van der Waals surface area contributed by atoms with Gasteiger partial charge in [-0.3, -0.25) is 4.79 Å². The van der Waals surface area contributed by atoms with Crippen molar-refractivity contribution in [2.45, 2.75) is 46.1 Å². The summed E-state index contributed by atoms with van der Waals surface area (Å²) in [6.45, 7) is 9.62. The molecule has 0 aliphatic rings. The van der Waals surface area contributed by atoms with Crippen LogP contribution in [0.5, 0.6) is 0 Å². The van der Waals surface area contributed by atoms with E-state index in [1.165, 1.54) is 0 Å². The van der Waals surface area contributed by atoms with Crippen molar-refractivity contribution in [3.63, 3.8) is 0 Å². The van der Waals surface area contributed by atoms with E-state index in [-0.39, 0.29) is 17.2 Å². The van der Waals surface area contributed by atoms with Crippen LogP contribution in [0.4, 0.5) is 0 Å². The SMILES string of the molecule is CC(C)[C@@H](NC(=O)c1ccccc1C(C)(C)C)C(=O)O. The Morgan fingerprint density at radius 1 is 1.15 bits per heavy atom. The maximum absolute atomic E-state index is 12.4. The third-order valence-electron chi connectivity index (χ3n) is 3.20. The van der Waals surface area contributed by atoms with Gasteiger partial charge >= 0.3 is 5.97 Å². The molecule has 0 aliphatic carbocycles. The molecule has 20 heavy (non-hydrogen) atoms. The number of amides is 1. The third-order valence-corrected chi connectivity index (χ3v) is 3.20. The minimum atomic E-state index is -1.01. The molecule has 2 N–H and O–H groups in total. The summed E-state index contributed by atoms with van der Waals surface area (Å²) in [5.74, 6) is -1.52. The van der Waals surface area contributed by atoms with Crippen LogP contribution in [0.25, 0.3) is 0 Å².